The maximum atomic E-state index is 12.5. The molecular formula is C18H16N2O. The monoisotopic (exact) mass is 276 g/mol. The van der Waals surface area contributed by atoms with Crippen LogP contribution in [0.4, 0.5) is 0 Å². The number of aryl methyl sites for hydroxylation is 1. The number of aromatic nitrogens is 2. The first-order chi connectivity index (χ1) is 10.3. The minimum atomic E-state index is -0.0776. The molecule has 0 aliphatic heterocycles. The van der Waals surface area contributed by atoms with E-state index in [1.807, 2.05) is 48.5 Å². The van der Waals surface area contributed by atoms with Gasteiger partial charge in [-0.2, -0.15) is 0 Å². The number of benzene rings is 2. The normalized spacial score (nSPS) is 10.7. The van der Waals surface area contributed by atoms with Crippen LogP contribution in [-0.2, 0) is 6.42 Å². The molecule has 3 rings (SSSR count). The largest absolute Gasteiger partial charge is 0.287 e. The van der Waals surface area contributed by atoms with E-state index in [-0.39, 0.29) is 5.78 Å². The van der Waals surface area contributed by atoms with E-state index in [9.17, 15) is 4.79 Å². The van der Waals surface area contributed by atoms with Crippen molar-refractivity contribution in [1.82, 2.24) is 9.97 Å². The Labute approximate surface area is 123 Å². The van der Waals surface area contributed by atoms with Crippen molar-refractivity contribution in [2.45, 2.75) is 19.8 Å². The average Bonchev–Trinajstić information content (AvgIpc) is 2.54. The second-order valence-electron chi connectivity index (χ2n) is 5.02. The molecule has 1 aromatic heterocycles. The van der Waals surface area contributed by atoms with Gasteiger partial charge in [-0.15, -0.1) is 0 Å². The molecule has 0 aliphatic carbocycles. The van der Waals surface area contributed by atoms with E-state index in [4.69, 9.17) is 0 Å². The molecule has 0 bridgehead atoms. The summed E-state index contributed by atoms with van der Waals surface area (Å²) in [7, 11) is 0. The van der Waals surface area contributed by atoms with Crippen molar-refractivity contribution in [3.63, 3.8) is 0 Å². The van der Waals surface area contributed by atoms with E-state index in [0.29, 0.717) is 11.3 Å². The minimum Gasteiger partial charge on any atom is -0.287 e. The maximum Gasteiger partial charge on any atom is 0.212 e. The summed E-state index contributed by atoms with van der Waals surface area (Å²) in [6.45, 7) is 2.13. The van der Waals surface area contributed by atoms with Gasteiger partial charge in [0.2, 0.25) is 5.78 Å². The summed E-state index contributed by atoms with van der Waals surface area (Å²) in [6.07, 6.45) is 3.59. The van der Waals surface area contributed by atoms with E-state index in [1.165, 1.54) is 5.56 Å². The highest BCUT2D eigenvalue weighted by Crippen LogP contribution is 2.14. The average molecular weight is 276 g/mol. The van der Waals surface area contributed by atoms with Crippen LogP contribution in [0.25, 0.3) is 11.0 Å². The van der Waals surface area contributed by atoms with Crippen LogP contribution < -0.4 is 0 Å². The van der Waals surface area contributed by atoms with Gasteiger partial charge in [-0.05, 0) is 30.2 Å². The van der Waals surface area contributed by atoms with Crippen LogP contribution in [0, 0.1) is 0 Å². The first-order valence-electron chi connectivity index (χ1n) is 7.13. The van der Waals surface area contributed by atoms with Gasteiger partial charge >= 0.3 is 0 Å². The maximum absolute atomic E-state index is 12.5. The zero-order valence-corrected chi connectivity index (χ0v) is 11.9. The number of carbonyl (C=O) groups is 1. The molecule has 3 aromatic rings. The molecule has 3 nitrogen and oxygen atoms in total. The van der Waals surface area contributed by atoms with Gasteiger partial charge < -0.3 is 0 Å². The molecule has 0 N–H and O–H groups in total. The molecule has 0 saturated carbocycles. The molecule has 3 heteroatoms. The van der Waals surface area contributed by atoms with Gasteiger partial charge in [0.1, 0.15) is 5.69 Å². The summed E-state index contributed by atoms with van der Waals surface area (Å²) >= 11 is 0. The zero-order valence-electron chi connectivity index (χ0n) is 11.9. The predicted octanol–water partition coefficient (Wildman–Crippen LogP) is 3.81. The van der Waals surface area contributed by atoms with Crippen LogP contribution in [-0.4, -0.2) is 15.8 Å². The number of carbonyl (C=O) groups excluding carboxylic acids is 1. The first-order valence-corrected chi connectivity index (χ1v) is 7.13. The molecule has 0 unspecified atom stereocenters. The zero-order chi connectivity index (χ0) is 14.7. The van der Waals surface area contributed by atoms with Crippen LogP contribution >= 0.6 is 0 Å². The Hall–Kier alpha value is -2.55. The van der Waals surface area contributed by atoms with Crippen molar-refractivity contribution in [3.05, 3.63) is 71.5 Å². The van der Waals surface area contributed by atoms with Gasteiger partial charge in [0.05, 0.1) is 17.2 Å². The van der Waals surface area contributed by atoms with Crippen molar-refractivity contribution in [2.75, 3.05) is 0 Å². The standard InChI is InChI=1S/C18H16N2O/c1-2-6-13-7-5-8-14(11-13)18(21)17-12-19-15-9-3-4-10-16(15)20-17/h3-5,7-12H,2,6H2,1H3. The van der Waals surface area contributed by atoms with Crippen LogP contribution in [0.3, 0.4) is 0 Å². The molecule has 0 spiro atoms. The second kappa shape index (κ2) is 5.83. The number of fused-ring (bicyclic) bond motifs is 1. The summed E-state index contributed by atoms with van der Waals surface area (Å²) in [6, 6.07) is 15.3. The molecule has 0 aliphatic rings. The Morgan fingerprint density at radius 2 is 1.86 bits per heavy atom. The summed E-state index contributed by atoms with van der Waals surface area (Å²) in [5.41, 5.74) is 3.78. The molecule has 104 valence electrons. The first kappa shape index (κ1) is 13.4. The van der Waals surface area contributed by atoms with Gasteiger partial charge in [0, 0.05) is 5.56 Å². The highest BCUT2D eigenvalue weighted by molar-refractivity contribution is 6.08. The van der Waals surface area contributed by atoms with Crippen molar-refractivity contribution < 1.29 is 4.79 Å². The number of para-hydroxylation sites is 2. The van der Waals surface area contributed by atoms with Crippen molar-refractivity contribution in [1.29, 1.82) is 0 Å². The van der Waals surface area contributed by atoms with Gasteiger partial charge in [-0.3, -0.25) is 9.78 Å². The van der Waals surface area contributed by atoms with E-state index < -0.39 is 0 Å². The Balaban J connectivity index is 1.97. The number of ketones is 1. The SMILES string of the molecule is CCCc1cccc(C(=O)c2cnc3ccccc3n2)c1. The van der Waals surface area contributed by atoms with Crippen LogP contribution in [0.2, 0.25) is 0 Å². The van der Waals surface area contributed by atoms with E-state index in [2.05, 4.69) is 16.9 Å². The van der Waals surface area contributed by atoms with Crippen LogP contribution in [0.5, 0.6) is 0 Å². The van der Waals surface area contributed by atoms with Crippen LogP contribution in [0.15, 0.2) is 54.7 Å². The topological polar surface area (TPSA) is 42.9 Å². The van der Waals surface area contributed by atoms with E-state index in [0.717, 1.165) is 23.9 Å². The van der Waals surface area contributed by atoms with Crippen molar-refractivity contribution >= 4 is 16.8 Å². The molecule has 2 aromatic carbocycles. The highest BCUT2D eigenvalue weighted by Gasteiger charge is 2.12. The lowest BCUT2D eigenvalue weighted by Crippen LogP contribution is -2.05. The molecule has 0 fully saturated rings. The molecule has 0 amide bonds. The fourth-order valence-corrected chi connectivity index (χ4v) is 2.37. The van der Waals surface area contributed by atoms with Crippen molar-refractivity contribution in [2.24, 2.45) is 0 Å². The second-order valence-corrected chi connectivity index (χ2v) is 5.02. The molecule has 0 radical (unpaired) electrons. The lowest BCUT2D eigenvalue weighted by atomic mass is 10.0. The molecule has 1 heterocycles. The summed E-state index contributed by atoms with van der Waals surface area (Å²) in [5.74, 6) is -0.0776. The highest BCUT2D eigenvalue weighted by atomic mass is 16.1. The third kappa shape index (κ3) is 2.82. The smallest absolute Gasteiger partial charge is 0.212 e. The van der Waals surface area contributed by atoms with Crippen LogP contribution in [0.1, 0.15) is 35.0 Å². The molecular weight excluding hydrogens is 260 g/mol. The number of hydrogen-bond acceptors (Lipinski definition) is 3. The third-order valence-corrected chi connectivity index (χ3v) is 3.41. The van der Waals surface area contributed by atoms with Gasteiger partial charge in [-0.25, -0.2) is 4.98 Å². The summed E-state index contributed by atoms with van der Waals surface area (Å²) in [4.78, 5) is 21.3. The number of hydrogen-bond donors (Lipinski definition) is 0. The fourth-order valence-electron chi connectivity index (χ4n) is 2.37. The van der Waals surface area contributed by atoms with Gasteiger partial charge in [0.25, 0.3) is 0 Å². The minimum absolute atomic E-state index is 0.0776. The molecule has 0 atom stereocenters. The lowest BCUT2D eigenvalue weighted by Gasteiger charge is -2.04. The molecule has 0 saturated heterocycles. The summed E-state index contributed by atoms with van der Waals surface area (Å²) < 4.78 is 0. The lowest BCUT2D eigenvalue weighted by molar-refractivity contribution is 0.103. The summed E-state index contributed by atoms with van der Waals surface area (Å²) in [5, 5.41) is 0. The van der Waals surface area contributed by atoms with E-state index >= 15 is 0 Å². The Bertz CT molecular complexity index is 796. The van der Waals surface area contributed by atoms with Crippen molar-refractivity contribution in [3.8, 4) is 0 Å². The third-order valence-electron chi connectivity index (χ3n) is 3.41. The number of rotatable bonds is 4. The number of nitrogens with zero attached hydrogens (tertiary/aromatic N) is 2. The van der Waals surface area contributed by atoms with Gasteiger partial charge in [-0.1, -0.05) is 43.7 Å². The quantitative estimate of drug-likeness (QED) is 0.680. The Morgan fingerprint density at radius 1 is 1.05 bits per heavy atom. The van der Waals surface area contributed by atoms with E-state index in [1.54, 1.807) is 6.20 Å². The predicted molar refractivity (Wildman–Crippen MR) is 83.4 cm³/mol. The van der Waals surface area contributed by atoms with Gasteiger partial charge in [0.15, 0.2) is 0 Å². The fraction of sp³-hybridized carbons (Fsp3) is 0.167. The Kier molecular flexibility index (Phi) is 3.73. The Morgan fingerprint density at radius 3 is 2.67 bits per heavy atom. The molecule has 21 heavy (non-hydrogen) atoms.